The number of carboxylic acids is 2. The van der Waals surface area contributed by atoms with Gasteiger partial charge in [0.15, 0.2) is 6.10 Å². The lowest BCUT2D eigenvalue weighted by Gasteiger charge is -2.13. The van der Waals surface area contributed by atoms with E-state index >= 15 is 0 Å². The molecule has 0 fully saturated rings. The number of aromatic carboxylic acids is 1. The number of nitro groups is 1. The Bertz CT molecular complexity index is 1990. The molecule has 4 rings (SSSR count). The molecule has 4 aromatic rings. The highest BCUT2D eigenvalue weighted by Crippen LogP contribution is 2.38. The second-order valence-electron chi connectivity index (χ2n) is 9.76. The van der Waals surface area contributed by atoms with E-state index in [0.29, 0.717) is 12.1 Å². The third-order valence-electron chi connectivity index (χ3n) is 6.16. The maximum atomic E-state index is 12.7. The van der Waals surface area contributed by atoms with Gasteiger partial charge >= 0.3 is 30.3 Å². The number of hydrogen-bond donors (Lipinski definition) is 2. The Balaban J connectivity index is 0.000000277. The van der Waals surface area contributed by atoms with Crippen molar-refractivity contribution in [3.63, 3.8) is 0 Å². The average molecular weight is 785 g/mol. The molecule has 1 atom stereocenters. The van der Waals surface area contributed by atoms with Gasteiger partial charge in [0.25, 0.3) is 5.69 Å². The molecule has 0 heterocycles. The highest BCUT2D eigenvalue weighted by molar-refractivity contribution is 6.34. The van der Waals surface area contributed by atoms with Gasteiger partial charge in [-0.05, 0) is 67.6 Å². The van der Waals surface area contributed by atoms with Crippen LogP contribution in [0, 0.1) is 10.1 Å². The molecule has 0 saturated carbocycles. The van der Waals surface area contributed by atoms with Crippen LogP contribution in [-0.2, 0) is 21.9 Å². The number of ether oxygens (including phenoxy) is 3. The van der Waals surface area contributed by atoms with Gasteiger partial charge in [-0.1, -0.05) is 34.8 Å². The molecule has 51 heavy (non-hydrogen) atoms. The predicted octanol–water partition coefficient (Wildman–Crippen LogP) is 10.2. The summed E-state index contributed by atoms with van der Waals surface area (Å²) in [6, 6.07) is 11.6. The van der Waals surface area contributed by atoms with Crippen molar-refractivity contribution in [3.8, 4) is 23.0 Å². The molecule has 0 aliphatic rings. The molecular formula is C31H18Cl3F6NO10. The molecular weight excluding hydrogens is 767 g/mol. The summed E-state index contributed by atoms with van der Waals surface area (Å²) in [6.45, 7) is 1.16. The molecule has 0 aromatic heterocycles. The number of halogens is 9. The summed E-state index contributed by atoms with van der Waals surface area (Å²) < 4.78 is 91.0. The first-order chi connectivity index (χ1) is 23.6. The van der Waals surface area contributed by atoms with Crippen molar-refractivity contribution in [3.05, 3.63) is 120 Å². The van der Waals surface area contributed by atoms with E-state index in [1.165, 1.54) is 12.1 Å². The highest BCUT2D eigenvalue weighted by atomic mass is 35.5. The molecule has 2 N–H and O–H groups in total. The van der Waals surface area contributed by atoms with Crippen LogP contribution in [0.25, 0.3) is 0 Å². The van der Waals surface area contributed by atoms with Crippen LogP contribution >= 0.6 is 34.8 Å². The van der Waals surface area contributed by atoms with Crippen LogP contribution < -0.4 is 9.47 Å². The van der Waals surface area contributed by atoms with Crippen LogP contribution in [0.4, 0.5) is 32.0 Å². The Labute approximate surface area is 296 Å². The lowest BCUT2D eigenvalue weighted by atomic mass is 10.1. The summed E-state index contributed by atoms with van der Waals surface area (Å²) in [7, 11) is 0. The lowest BCUT2D eigenvalue weighted by Crippen LogP contribution is -2.23. The normalized spacial score (nSPS) is 11.8. The number of hydrogen-bond acceptors (Lipinski definition) is 8. The summed E-state index contributed by atoms with van der Waals surface area (Å²) in [5.41, 5.74) is -3.36. The maximum absolute atomic E-state index is 12.7. The molecule has 0 aliphatic carbocycles. The third kappa shape index (κ3) is 10.9. The second kappa shape index (κ2) is 16.2. The topological polar surface area (TPSA) is 163 Å². The van der Waals surface area contributed by atoms with E-state index in [1.54, 1.807) is 0 Å². The zero-order chi connectivity index (χ0) is 38.4. The van der Waals surface area contributed by atoms with E-state index in [9.17, 15) is 50.8 Å². The fraction of sp³-hybridized carbons (Fsp3) is 0.129. The molecule has 0 amide bonds. The SMILES string of the molecule is C[C@H](OC(=O)c1cc(Oc2ccc(C(F)(F)F)cc2Cl)ccc1Cl)C(=O)O.O=C(O)c1cc(Oc2ccc(C(F)(F)F)cc2Cl)ccc1[N+](=O)[O-]. The van der Waals surface area contributed by atoms with Gasteiger partial charge in [-0.25, -0.2) is 14.4 Å². The van der Waals surface area contributed by atoms with Gasteiger partial charge in [0.2, 0.25) is 0 Å². The minimum atomic E-state index is -4.58. The maximum Gasteiger partial charge on any atom is 0.416 e. The van der Waals surface area contributed by atoms with Crippen LogP contribution in [0.5, 0.6) is 23.0 Å². The summed E-state index contributed by atoms with van der Waals surface area (Å²) in [5.74, 6) is -4.22. The minimum Gasteiger partial charge on any atom is -0.479 e. The number of esters is 1. The molecule has 0 aliphatic heterocycles. The van der Waals surface area contributed by atoms with Crippen molar-refractivity contribution >= 4 is 58.4 Å². The van der Waals surface area contributed by atoms with Crippen molar-refractivity contribution in [2.24, 2.45) is 0 Å². The number of carbonyl (C=O) groups excluding carboxylic acids is 1. The fourth-order valence-electron chi connectivity index (χ4n) is 3.68. The number of alkyl halides is 6. The Kier molecular flexibility index (Phi) is 12.7. The van der Waals surface area contributed by atoms with Gasteiger partial charge < -0.3 is 24.4 Å². The van der Waals surface area contributed by atoms with Crippen molar-refractivity contribution in [2.75, 3.05) is 0 Å². The number of carboxylic acid groups (broad SMARTS) is 2. The molecule has 4 aromatic carbocycles. The van der Waals surface area contributed by atoms with Gasteiger partial charge in [0.1, 0.15) is 28.6 Å². The first kappa shape index (κ1) is 40.2. The summed E-state index contributed by atoms with van der Waals surface area (Å²) in [5, 5.41) is 27.8. The van der Waals surface area contributed by atoms with Crippen molar-refractivity contribution in [1.82, 2.24) is 0 Å². The van der Waals surface area contributed by atoms with E-state index < -0.39 is 63.7 Å². The minimum absolute atomic E-state index is 0.0246. The molecule has 0 bridgehead atoms. The molecule has 20 heteroatoms. The van der Waals surface area contributed by atoms with E-state index in [0.717, 1.165) is 55.5 Å². The predicted molar refractivity (Wildman–Crippen MR) is 167 cm³/mol. The molecule has 0 spiro atoms. The van der Waals surface area contributed by atoms with Gasteiger partial charge in [0.05, 0.1) is 36.7 Å². The summed E-state index contributed by atoms with van der Waals surface area (Å²) >= 11 is 17.4. The first-order valence-corrected chi connectivity index (χ1v) is 14.6. The molecule has 0 unspecified atom stereocenters. The number of aliphatic carboxylic acids is 1. The highest BCUT2D eigenvalue weighted by Gasteiger charge is 2.32. The summed E-state index contributed by atoms with van der Waals surface area (Å²) in [4.78, 5) is 43.7. The van der Waals surface area contributed by atoms with E-state index in [1.807, 2.05) is 0 Å². The van der Waals surface area contributed by atoms with Crippen molar-refractivity contribution < 1.29 is 70.1 Å². The van der Waals surface area contributed by atoms with Crippen LogP contribution in [-0.4, -0.2) is 39.1 Å². The molecule has 11 nitrogen and oxygen atoms in total. The number of nitrogens with zero attached hydrogens (tertiary/aromatic N) is 1. The van der Waals surface area contributed by atoms with Gasteiger partial charge in [-0.15, -0.1) is 0 Å². The van der Waals surface area contributed by atoms with Crippen LogP contribution in [0.15, 0.2) is 72.8 Å². The average Bonchev–Trinajstić information content (AvgIpc) is 3.02. The first-order valence-electron chi connectivity index (χ1n) is 13.4. The quantitative estimate of drug-likeness (QED) is 0.0723. The Morgan fingerprint density at radius 3 is 1.55 bits per heavy atom. The van der Waals surface area contributed by atoms with E-state index in [2.05, 4.69) is 0 Å². The summed E-state index contributed by atoms with van der Waals surface area (Å²) in [6.07, 6.45) is -10.5. The Morgan fingerprint density at radius 2 is 1.16 bits per heavy atom. The number of benzene rings is 4. The Morgan fingerprint density at radius 1 is 0.706 bits per heavy atom. The van der Waals surface area contributed by atoms with Gasteiger partial charge in [0, 0.05) is 12.1 Å². The van der Waals surface area contributed by atoms with Crippen molar-refractivity contribution in [2.45, 2.75) is 25.4 Å². The van der Waals surface area contributed by atoms with E-state index in [4.69, 9.17) is 59.2 Å². The fourth-order valence-corrected chi connectivity index (χ4v) is 4.31. The number of rotatable bonds is 9. The van der Waals surface area contributed by atoms with Gasteiger partial charge in [-0.3, -0.25) is 10.1 Å². The van der Waals surface area contributed by atoms with Crippen LogP contribution in [0.3, 0.4) is 0 Å². The zero-order valence-electron chi connectivity index (χ0n) is 25.0. The standard InChI is InChI=1S/C17H11Cl2F3O5.C14H7ClF3NO5/c1-8(15(23)24)26-16(25)11-7-10(3-4-12(11)18)27-14-5-2-9(6-13(14)19)17(20,21)22;15-10-5-7(14(16,17)18)1-4-12(10)24-8-2-3-11(19(22)23)9(6-8)13(20)21/h2-8H,1H3,(H,23,24);1-6H,(H,20,21)/t8-;/m0./s1. The third-order valence-corrected chi connectivity index (χ3v) is 7.08. The van der Waals surface area contributed by atoms with Gasteiger partial charge in [-0.2, -0.15) is 26.3 Å². The van der Waals surface area contributed by atoms with Crippen molar-refractivity contribution in [1.29, 1.82) is 0 Å². The second-order valence-corrected chi connectivity index (χ2v) is 11.0. The van der Waals surface area contributed by atoms with Crippen LogP contribution in [0.2, 0.25) is 15.1 Å². The Hall–Kier alpha value is -5.26. The zero-order valence-corrected chi connectivity index (χ0v) is 27.3. The number of nitro benzene ring substituents is 1. The smallest absolute Gasteiger partial charge is 0.416 e. The largest absolute Gasteiger partial charge is 0.479 e. The van der Waals surface area contributed by atoms with E-state index in [-0.39, 0.29) is 43.6 Å². The lowest BCUT2D eigenvalue weighted by molar-refractivity contribution is -0.385. The monoisotopic (exact) mass is 783 g/mol. The number of carbonyl (C=O) groups is 3. The molecule has 270 valence electrons. The molecule has 0 radical (unpaired) electrons. The van der Waals surface area contributed by atoms with Crippen LogP contribution in [0.1, 0.15) is 38.8 Å². The molecule has 0 saturated heterocycles.